The highest BCUT2D eigenvalue weighted by Crippen LogP contribution is 2.18. The smallest absolute Gasteiger partial charge is 0.320 e. The van der Waals surface area contributed by atoms with Crippen molar-refractivity contribution < 1.29 is 29.7 Å². The molecule has 0 aliphatic heterocycles. The number of aromatic nitrogens is 1. The number of carboxylic acid groups (broad SMARTS) is 3. The molecule has 8 nitrogen and oxygen atoms in total. The predicted molar refractivity (Wildman–Crippen MR) is 82.1 cm³/mol. The number of hydrogen-bond acceptors (Lipinski definition) is 4. The van der Waals surface area contributed by atoms with Gasteiger partial charge in [-0.25, -0.2) is 0 Å². The SMILES string of the molecule is N[C@@H](Cc1c[nH]c2ccccc12)C(=O)O.O=C(O)CCC(=O)O. The quantitative estimate of drug-likeness (QED) is 0.532. The molecule has 0 spiro atoms. The fraction of sp³-hybridized carbons (Fsp3) is 0.267. The lowest BCUT2D eigenvalue weighted by Gasteiger charge is -2.04. The van der Waals surface area contributed by atoms with E-state index < -0.39 is 23.9 Å². The Morgan fingerprint density at radius 3 is 2.13 bits per heavy atom. The first-order chi connectivity index (χ1) is 10.8. The number of nitrogens with one attached hydrogen (secondary N) is 1. The number of H-pyrrole nitrogens is 1. The Labute approximate surface area is 131 Å². The highest BCUT2D eigenvalue weighted by Gasteiger charge is 2.14. The van der Waals surface area contributed by atoms with Crippen LogP contribution >= 0.6 is 0 Å². The first kappa shape index (κ1) is 18.2. The zero-order valence-electron chi connectivity index (χ0n) is 12.2. The summed E-state index contributed by atoms with van der Waals surface area (Å²) in [6.07, 6.45) is 1.57. The Morgan fingerprint density at radius 2 is 1.61 bits per heavy atom. The minimum Gasteiger partial charge on any atom is -0.481 e. The molecule has 1 aromatic carbocycles. The Hall–Kier alpha value is -2.87. The second kappa shape index (κ2) is 8.54. The van der Waals surface area contributed by atoms with Gasteiger partial charge >= 0.3 is 17.9 Å². The normalized spacial score (nSPS) is 11.3. The predicted octanol–water partition coefficient (Wildman–Crippen LogP) is 1.06. The van der Waals surface area contributed by atoms with Crippen LogP contribution in [0.5, 0.6) is 0 Å². The number of aliphatic carboxylic acids is 3. The van der Waals surface area contributed by atoms with Gasteiger partial charge in [0.15, 0.2) is 0 Å². The van der Waals surface area contributed by atoms with E-state index in [1.807, 2.05) is 30.5 Å². The van der Waals surface area contributed by atoms with Crippen molar-refractivity contribution in [2.45, 2.75) is 25.3 Å². The minimum absolute atomic E-state index is 0.296. The summed E-state index contributed by atoms with van der Waals surface area (Å²) in [5, 5.41) is 25.6. The zero-order chi connectivity index (χ0) is 17.4. The molecule has 124 valence electrons. The van der Waals surface area contributed by atoms with E-state index in [2.05, 4.69) is 4.98 Å². The molecular weight excluding hydrogens is 304 g/mol. The van der Waals surface area contributed by atoms with Crippen molar-refractivity contribution in [3.05, 3.63) is 36.0 Å². The molecule has 2 aromatic rings. The van der Waals surface area contributed by atoms with Crippen molar-refractivity contribution in [1.29, 1.82) is 0 Å². The van der Waals surface area contributed by atoms with Crippen molar-refractivity contribution >= 4 is 28.8 Å². The van der Waals surface area contributed by atoms with Crippen LogP contribution in [-0.2, 0) is 20.8 Å². The number of para-hydroxylation sites is 1. The van der Waals surface area contributed by atoms with Crippen LogP contribution in [-0.4, -0.2) is 44.3 Å². The van der Waals surface area contributed by atoms with Gasteiger partial charge in [-0.2, -0.15) is 0 Å². The first-order valence-electron chi connectivity index (χ1n) is 6.78. The van der Waals surface area contributed by atoms with Gasteiger partial charge in [0.1, 0.15) is 6.04 Å². The van der Waals surface area contributed by atoms with Gasteiger partial charge in [-0.15, -0.1) is 0 Å². The van der Waals surface area contributed by atoms with Gasteiger partial charge in [0, 0.05) is 23.5 Å². The van der Waals surface area contributed by atoms with Gasteiger partial charge in [-0.3, -0.25) is 14.4 Å². The highest BCUT2D eigenvalue weighted by atomic mass is 16.4. The van der Waals surface area contributed by atoms with Crippen molar-refractivity contribution in [1.82, 2.24) is 4.98 Å². The summed E-state index contributed by atoms with van der Waals surface area (Å²) in [7, 11) is 0. The van der Waals surface area contributed by atoms with Gasteiger partial charge in [0.25, 0.3) is 0 Å². The molecule has 2 rings (SSSR count). The van der Waals surface area contributed by atoms with E-state index in [1.165, 1.54) is 0 Å². The number of nitrogens with two attached hydrogens (primary N) is 1. The van der Waals surface area contributed by atoms with Crippen LogP contribution in [0.2, 0.25) is 0 Å². The van der Waals surface area contributed by atoms with Crippen LogP contribution < -0.4 is 5.73 Å². The molecule has 1 aromatic heterocycles. The summed E-state index contributed by atoms with van der Waals surface area (Å²) in [5.41, 5.74) is 7.43. The van der Waals surface area contributed by atoms with Gasteiger partial charge in [0.2, 0.25) is 0 Å². The molecule has 0 aliphatic carbocycles. The molecule has 0 fully saturated rings. The van der Waals surface area contributed by atoms with E-state index >= 15 is 0 Å². The topological polar surface area (TPSA) is 154 Å². The Kier molecular flexibility index (Phi) is 6.75. The summed E-state index contributed by atoms with van der Waals surface area (Å²) in [4.78, 5) is 33.0. The highest BCUT2D eigenvalue weighted by molar-refractivity contribution is 5.84. The Morgan fingerprint density at radius 1 is 1.04 bits per heavy atom. The molecule has 0 unspecified atom stereocenters. The van der Waals surface area contributed by atoms with Crippen molar-refractivity contribution in [2.75, 3.05) is 0 Å². The first-order valence-corrected chi connectivity index (χ1v) is 6.78. The maximum Gasteiger partial charge on any atom is 0.320 e. The standard InChI is InChI=1S/C11H12N2O2.C4H6O4/c12-9(11(14)15)5-7-6-13-10-4-2-1-3-8(7)10;5-3(6)1-2-4(7)8/h1-4,6,9,13H,5,12H2,(H,14,15);1-2H2,(H,5,6)(H,7,8)/t9-;/m0./s1. The molecule has 0 saturated heterocycles. The fourth-order valence-corrected chi connectivity index (χ4v) is 1.84. The van der Waals surface area contributed by atoms with Crippen molar-refractivity contribution in [3.63, 3.8) is 0 Å². The van der Waals surface area contributed by atoms with Crippen LogP contribution in [0, 0.1) is 0 Å². The maximum atomic E-state index is 10.6. The minimum atomic E-state index is -1.08. The summed E-state index contributed by atoms with van der Waals surface area (Å²) in [6, 6.07) is 6.91. The number of aromatic amines is 1. The number of carbonyl (C=O) groups is 3. The van der Waals surface area contributed by atoms with Crippen LogP contribution in [0.4, 0.5) is 0 Å². The van der Waals surface area contributed by atoms with Crippen LogP contribution in [0.1, 0.15) is 18.4 Å². The van der Waals surface area contributed by atoms with Gasteiger partial charge in [0.05, 0.1) is 12.8 Å². The second-order valence-corrected chi connectivity index (χ2v) is 4.80. The molecule has 1 atom stereocenters. The van der Waals surface area contributed by atoms with E-state index in [-0.39, 0.29) is 12.8 Å². The van der Waals surface area contributed by atoms with E-state index in [4.69, 9.17) is 21.1 Å². The molecule has 23 heavy (non-hydrogen) atoms. The molecule has 1 heterocycles. The van der Waals surface area contributed by atoms with Gasteiger partial charge in [-0.05, 0) is 11.6 Å². The summed E-state index contributed by atoms with van der Waals surface area (Å²) in [6.45, 7) is 0. The molecule has 0 bridgehead atoms. The van der Waals surface area contributed by atoms with E-state index in [0.29, 0.717) is 6.42 Å². The maximum absolute atomic E-state index is 10.6. The number of hydrogen-bond donors (Lipinski definition) is 5. The number of benzene rings is 1. The van der Waals surface area contributed by atoms with Crippen molar-refractivity contribution in [2.24, 2.45) is 5.73 Å². The van der Waals surface area contributed by atoms with E-state index in [9.17, 15) is 14.4 Å². The Balaban J connectivity index is 0.000000284. The van der Waals surface area contributed by atoms with Crippen molar-refractivity contribution in [3.8, 4) is 0 Å². The molecule has 6 N–H and O–H groups in total. The van der Waals surface area contributed by atoms with E-state index in [0.717, 1.165) is 16.5 Å². The molecule has 0 radical (unpaired) electrons. The molecule has 0 aliphatic rings. The molecule has 8 heteroatoms. The monoisotopic (exact) mass is 322 g/mol. The summed E-state index contributed by atoms with van der Waals surface area (Å²) >= 11 is 0. The third kappa shape index (κ3) is 6.18. The number of carboxylic acids is 3. The molecule has 0 saturated carbocycles. The van der Waals surface area contributed by atoms with E-state index in [1.54, 1.807) is 0 Å². The van der Waals surface area contributed by atoms with Gasteiger partial charge in [-0.1, -0.05) is 18.2 Å². The van der Waals surface area contributed by atoms with Crippen LogP contribution in [0.25, 0.3) is 10.9 Å². The molecular formula is C15H18N2O6. The number of rotatable bonds is 6. The lowest BCUT2D eigenvalue weighted by atomic mass is 10.1. The summed E-state index contributed by atoms with van der Waals surface area (Å²) in [5.74, 6) is -3.12. The lowest BCUT2D eigenvalue weighted by Crippen LogP contribution is -2.32. The van der Waals surface area contributed by atoms with Gasteiger partial charge < -0.3 is 26.0 Å². The fourth-order valence-electron chi connectivity index (χ4n) is 1.84. The zero-order valence-corrected chi connectivity index (χ0v) is 12.2. The largest absolute Gasteiger partial charge is 0.481 e. The van der Waals surface area contributed by atoms with Crippen LogP contribution in [0.3, 0.4) is 0 Å². The molecule has 0 amide bonds. The summed E-state index contributed by atoms with van der Waals surface area (Å²) < 4.78 is 0. The van der Waals surface area contributed by atoms with Crippen LogP contribution in [0.15, 0.2) is 30.5 Å². The Bertz CT molecular complexity index is 680. The average Bonchev–Trinajstić information content (AvgIpc) is 2.89. The second-order valence-electron chi connectivity index (χ2n) is 4.80. The third-order valence-electron chi connectivity index (χ3n) is 2.98. The number of fused-ring (bicyclic) bond motifs is 1. The lowest BCUT2D eigenvalue weighted by molar-refractivity contribution is -0.143. The third-order valence-corrected chi connectivity index (χ3v) is 2.98. The average molecular weight is 322 g/mol.